The molecule has 1 amide bonds. The number of hydrogen-bond donors (Lipinski definition) is 1. The number of hydrogen-bond acceptors (Lipinski definition) is 2. The lowest BCUT2D eigenvalue weighted by Gasteiger charge is -2.14. The van der Waals surface area contributed by atoms with Gasteiger partial charge in [0.25, 0.3) is 0 Å². The Morgan fingerprint density at radius 1 is 1.14 bits per heavy atom. The van der Waals surface area contributed by atoms with Crippen molar-refractivity contribution in [3.8, 4) is 0 Å². The van der Waals surface area contributed by atoms with Gasteiger partial charge < -0.3 is 5.32 Å². The van der Waals surface area contributed by atoms with Gasteiger partial charge in [0, 0.05) is 5.75 Å². The van der Waals surface area contributed by atoms with Gasteiger partial charge in [-0.25, -0.2) is 4.39 Å². The van der Waals surface area contributed by atoms with Crippen molar-refractivity contribution in [1.82, 2.24) is 5.32 Å². The van der Waals surface area contributed by atoms with E-state index in [1.165, 1.54) is 23.3 Å². The largest absolute Gasteiger partial charge is 0.349 e. The quantitative estimate of drug-likeness (QED) is 0.863. The molecule has 0 spiro atoms. The van der Waals surface area contributed by atoms with Crippen LogP contribution in [0, 0.1) is 12.7 Å². The highest BCUT2D eigenvalue weighted by Crippen LogP contribution is 2.15. The first kappa shape index (κ1) is 16.6. The van der Waals surface area contributed by atoms with Crippen LogP contribution in [0.2, 0.25) is 0 Å². The van der Waals surface area contributed by atoms with Gasteiger partial charge in [-0.3, -0.25) is 4.79 Å². The van der Waals surface area contributed by atoms with Crippen molar-refractivity contribution in [2.75, 3.05) is 5.75 Å². The van der Waals surface area contributed by atoms with Crippen molar-refractivity contribution >= 4 is 17.7 Å². The molecule has 2 rings (SSSR count). The monoisotopic (exact) mass is 317 g/mol. The summed E-state index contributed by atoms with van der Waals surface area (Å²) in [5.74, 6) is 0.961. The first-order valence-corrected chi connectivity index (χ1v) is 8.38. The van der Waals surface area contributed by atoms with Gasteiger partial charge in [0.05, 0.1) is 11.8 Å². The van der Waals surface area contributed by atoms with Gasteiger partial charge >= 0.3 is 0 Å². The maximum atomic E-state index is 12.9. The number of benzene rings is 2. The molecular formula is C18H20FNOS. The lowest BCUT2D eigenvalue weighted by molar-refractivity contribution is -0.119. The molecule has 1 N–H and O–H groups in total. The second-order valence-electron chi connectivity index (χ2n) is 5.32. The zero-order chi connectivity index (χ0) is 15.9. The summed E-state index contributed by atoms with van der Waals surface area (Å²) < 4.78 is 12.9. The molecule has 1 unspecified atom stereocenters. The van der Waals surface area contributed by atoms with E-state index in [2.05, 4.69) is 36.5 Å². The number of thioether (sulfide) groups is 1. The normalized spacial score (nSPS) is 12.0. The van der Waals surface area contributed by atoms with E-state index in [9.17, 15) is 9.18 Å². The molecule has 116 valence electrons. The van der Waals surface area contributed by atoms with Crippen LogP contribution in [0.1, 0.15) is 29.7 Å². The molecule has 0 aliphatic heterocycles. The second kappa shape index (κ2) is 7.99. The minimum atomic E-state index is -0.268. The molecule has 0 heterocycles. The van der Waals surface area contributed by atoms with E-state index in [1.807, 2.05) is 6.92 Å². The summed E-state index contributed by atoms with van der Waals surface area (Å²) >= 11 is 1.59. The van der Waals surface area contributed by atoms with Crippen LogP contribution in [0.3, 0.4) is 0 Å². The van der Waals surface area contributed by atoms with Gasteiger partial charge in [-0.05, 0) is 37.1 Å². The molecular weight excluding hydrogens is 297 g/mol. The Morgan fingerprint density at radius 3 is 2.41 bits per heavy atom. The molecule has 2 nitrogen and oxygen atoms in total. The lowest BCUT2D eigenvalue weighted by Crippen LogP contribution is -2.28. The molecule has 0 bridgehead atoms. The Kier molecular flexibility index (Phi) is 6.01. The minimum absolute atomic E-state index is 0.00561. The maximum Gasteiger partial charge on any atom is 0.230 e. The third kappa shape index (κ3) is 5.19. The van der Waals surface area contributed by atoms with Crippen molar-refractivity contribution in [3.05, 3.63) is 71.0 Å². The van der Waals surface area contributed by atoms with Gasteiger partial charge in [0.1, 0.15) is 5.82 Å². The number of amides is 1. The summed E-state index contributed by atoms with van der Waals surface area (Å²) in [6.45, 7) is 3.96. The fraction of sp³-hybridized carbons (Fsp3) is 0.278. The number of carbonyl (C=O) groups is 1. The minimum Gasteiger partial charge on any atom is -0.349 e. The zero-order valence-electron chi connectivity index (χ0n) is 12.8. The zero-order valence-corrected chi connectivity index (χ0v) is 13.6. The first-order valence-electron chi connectivity index (χ1n) is 7.22. The van der Waals surface area contributed by atoms with Gasteiger partial charge in [0.15, 0.2) is 0 Å². The number of halogens is 1. The van der Waals surface area contributed by atoms with Crippen LogP contribution in [0.15, 0.2) is 48.5 Å². The average molecular weight is 317 g/mol. The molecule has 0 fully saturated rings. The van der Waals surface area contributed by atoms with E-state index in [0.717, 1.165) is 11.3 Å². The predicted molar refractivity (Wildman–Crippen MR) is 90.3 cm³/mol. The molecule has 0 saturated carbocycles. The second-order valence-corrected chi connectivity index (χ2v) is 6.30. The van der Waals surface area contributed by atoms with Crippen LogP contribution >= 0.6 is 11.8 Å². The van der Waals surface area contributed by atoms with E-state index in [4.69, 9.17) is 0 Å². The average Bonchev–Trinajstić information content (AvgIpc) is 2.50. The lowest BCUT2D eigenvalue weighted by atomic mass is 10.1. The smallest absolute Gasteiger partial charge is 0.230 e. The Hall–Kier alpha value is -1.81. The third-order valence-corrected chi connectivity index (χ3v) is 4.37. The molecule has 0 aromatic heterocycles. The summed E-state index contributed by atoms with van der Waals surface area (Å²) in [7, 11) is 0. The Morgan fingerprint density at radius 2 is 1.77 bits per heavy atom. The highest BCUT2D eigenvalue weighted by Gasteiger charge is 2.09. The van der Waals surface area contributed by atoms with E-state index < -0.39 is 0 Å². The third-order valence-electron chi connectivity index (χ3n) is 3.37. The highest BCUT2D eigenvalue weighted by molar-refractivity contribution is 7.99. The van der Waals surface area contributed by atoms with Gasteiger partial charge in [-0.2, -0.15) is 0 Å². The summed E-state index contributed by atoms with van der Waals surface area (Å²) in [5, 5.41) is 2.93. The molecule has 22 heavy (non-hydrogen) atoms. The molecule has 0 aliphatic rings. The fourth-order valence-electron chi connectivity index (χ4n) is 2.06. The number of carbonyl (C=O) groups excluding carboxylic acids is 1. The van der Waals surface area contributed by atoms with Gasteiger partial charge in [-0.1, -0.05) is 42.0 Å². The van der Waals surface area contributed by atoms with Crippen molar-refractivity contribution in [3.63, 3.8) is 0 Å². The Balaban J connectivity index is 1.75. The van der Waals surface area contributed by atoms with Crippen molar-refractivity contribution < 1.29 is 9.18 Å². The number of nitrogens with one attached hydrogen (secondary N) is 1. The first-order chi connectivity index (χ1) is 10.5. The molecule has 2 aromatic carbocycles. The van der Waals surface area contributed by atoms with E-state index in [-0.39, 0.29) is 17.8 Å². The van der Waals surface area contributed by atoms with Crippen LogP contribution in [0.4, 0.5) is 4.39 Å². The van der Waals surface area contributed by atoms with Gasteiger partial charge in [0.2, 0.25) is 5.91 Å². The summed E-state index contributed by atoms with van der Waals surface area (Å²) in [6.07, 6.45) is 0. The van der Waals surface area contributed by atoms with Crippen LogP contribution in [0.5, 0.6) is 0 Å². The van der Waals surface area contributed by atoms with E-state index >= 15 is 0 Å². The Bertz CT molecular complexity index is 610. The standard InChI is InChI=1S/C18H20FNOS/c1-13-3-5-15(6-4-13)11-22-12-18(21)20-14(2)16-7-9-17(19)10-8-16/h3-10,14H,11-12H2,1-2H3,(H,20,21). The van der Waals surface area contributed by atoms with E-state index in [1.54, 1.807) is 23.9 Å². The van der Waals surface area contributed by atoms with Crippen molar-refractivity contribution in [2.45, 2.75) is 25.6 Å². The highest BCUT2D eigenvalue weighted by atomic mass is 32.2. The van der Waals surface area contributed by atoms with Crippen LogP contribution in [-0.4, -0.2) is 11.7 Å². The van der Waals surface area contributed by atoms with Crippen LogP contribution < -0.4 is 5.32 Å². The summed E-state index contributed by atoms with van der Waals surface area (Å²) in [5.41, 5.74) is 3.35. The number of rotatable bonds is 6. The molecule has 0 aliphatic carbocycles. The fourth-order valence-corrected chi connectivity index (χ4v) is 2.86. The summed E-state index contributed by atoms with van der Waals surface area (Å²) in [6, 6.07) is 14.4. The summed E-state index contributed by atoms with van der Waals surface area (Å²) in [4.78, 5) is 11.9. The Labute approximate surface area is 135 Å². The molecule has 1 atom stereocenters. The van der Waals surface area contributed by atoms with E-state index in [0.29, 0.717) is 5.75 Å². The predicted octanol–water partition coefficient (Wildman–Crippen LogP) is 4.24. The SMILES string of the molecule is Cc1ccc(CSCC(=O)NC(C)c2ccc(F)cc2)cc1. The number of aryl methyl sites for hydroxylation is 1. The molecule has 0 saturated heterocycles. The topological polar surface area (TPSA) is 29.1 Å². The van der Waals surface area contributed by atoms with Crippen molar-refractivity contribution in [2.24, 2.45) is 0 Å². The van der Waals surface area contributed by atoms with Gasteiger partial charge in [-0.15, -0.1) is 11.8 Å². The van der Waals surface area contributed by atoms with Crippen molar-refractivity contribution in [1.29, 1.82) is 0 Å². The molecule has 0 radical (unpaired) electrons. The molecule has 4 heteroatoms. The van der Waals surface area contributed by atoms with Crippen LogP contribution in [-0.2, 0) is 10.5 Å². The maximum absolute atomic E-state index is 12.9. The van der Waals surface area contributed by atoms with Crippen LogP contribution in [0.25, 0.3) is 0 Å². The molecule has 2 aromatic rings.